The number of anilines is 1. The number of non-ortho nitro benzene ring substituents is 1. The lowest BCUT2D eigenvalue weighted by Gasteiger charge is -2.16. The lowest BCUT2D eigenvalue weighted by Crippen LogP contribution is -2.30. The summed E-state index contributed by atoms with van der Waals surface area (Å²) in [6.07, 6.45) is -6.73. The summed E-state index contributed by atoms with van der Waals surface area (Å²) >= 11 is 0. The molecule has 1 rings (SSSR count). The molecule has 0 saturated heterocycles. The minimum atomic E-state index is -4.95. The Morgan fingerprint density at radius 2 is 1.88 bits per heavy atom. The number of nitro benzene ring substituents is 1. The van der Waals surface area contributed by atoms with Gasteiger partial charge in [0.1, 0.15) is 5.78 Å². The molecule has 1 aromatic rings. The van der Waals surface area contributed by atoms with Crippen molar-refractivity contribution in [2.75, 3.05) is 5.32 Å². The number of nitro groups is 1. The van der Waals surface area contributed by atoms with Gasteiger partial charge in [0.05, 0.1) is 22.6 Å². The van der Waals surface area contributed by atoms with Crippen molar-refractivity contribution in [2.45, 2.75) is 39.0 Å². The Labute approximate surface area is 145 Å². The van der Waals surface area contributed by atoms with E-state index in [9.17, 15) is 37.7 Å². The first-order valence-electron chi connectivity index (χ1n) is 7.27. The smallest absolute Gasteiger partial charge is 0.418 e. The number of Topliss-reactive ketones (excluding diaryl/α,β-unsaturated/α-hetero) is 1. The maximum absolute atomic E-state index is 13.0. The van der Waals surface area contributed by atoms with Crippen molar-refractivity contribution in [3.05, 3.63) is 33.9 Å². The zero-order chi connectivity index (χ0) is 20.1. The van der Waals surface area contributed by atoms with Crippen LogP contribution in [0, 0.1) is 10.1 Å². The van der Waals surface area contributed by atoms with E-state index in [0.717, 1.165) is 19.1 Å². The molecule has 11 heteroatoms. The van der Waals surface area contributed by atoms with Crippen molar-refractivity contribution in [1.82, 2.24) is 0 Å². The summed E-state index contributed by atoms with van der Waals surface area (Å²) in [7, 11) is 0. The molecule has 1 N–H and O–H groups in total. The topological polar surface area (TPSA) is 116 Å². The SMILES string of the molecule is CC(=O)CCC(=O)O[C@H](C)C(=O)Nc1ccc([N+](=O)[O-])cc1C(F)(F)F. The fourth-order valence-electron chi connectivity index (χ4n) is 1.81. The first-order chi connectivity index (χ1) is 11.9. The normalized spacial score (nSPS) is 12.2. The Morgan fingerprint density at radius 3 is 2.38 bits per heavy atom. The van der Waals surface area contributed by atoms with Crippen LogP contribution in [0.3, 0.4) is 0 Å². The zero-order valence-electron chi connectivity index (χ0n) is 13.8. The molecule has 0 spiro atoms. The molecule has 1 atom stereocenters. The molecular formula is C15H15F3N2O6. The Morgan fingerprint density at radius 1 is 1.27 bits per heavy atom. The number of hydrogen-bond donors (Lipinski definition) is 1. The molecule has 0 heterocycles. The van der Waals surface area contributed by atoms with E-state index in [1.54, 1.807) is 0 Å². The van der Waals surface area contributed by atoms with Crippen LogP contribution in [0.2, 0.25) is 0 Å². The number of benzene rings is 1. The fourth-order valence-corrected chi connectivity index (χ4v) is 1.81. The van der Waals surface area contributed by atoms with E-state index in [2.05, 4.69) is 0 Å². The van der Waals surface area contributed by atoms with E-state index in [4.69, 9.17) is 4.74 Å². The van der Waals surface area contributed by atoms with Gasteiger partial charge < -0.3 is 14.8 Å². The second kappa shape index (κ2) is 8.41. The molecular weight excluding hydrogens is 361 g/mol. The Kier molecular flexibility index (Phi) is 6.81. The number of carbonyl (C=O) groups is 3. The predicted molar refractivity (Wildman–Crippen MR) is 82.2 cm³/mol. The molecule has 142 valence electrons. The number of ketones is 1. The van der Waals surface area contributed by atoms with Gasteiger partial charge in [-0.3, -0.25) is 19.7 Å². The summed E-state index contributed by atoms with van der Waals surface area (Å²) in [4.78, 5) is 43.8. The van der Waals surface area contributed by atoms with Crippen molar-refractivity contribution >= 4 is 29.0 Å². The third-order valence-electron chi connectivity index (χ3n) is 3.14. The van der Waals surface area contributed by atoms with Gasteiger partial charge in [-0.05, 0) is 19.9 Å². The standard InChI is InChI=1S/C15H15F3N2O6/c1-8(21)3-6-13(22)26-9(2)14(23)19-12-5-4-10(20(24)25)7-11(12)15(16,17)18/h4-5,7,9H,3,6H2,1-2H3,(H,19,23)/t9-/m1/s1. The van der Waals surface area contributed by atoms with Crippen LogP contribution < -0.4 is 5.32 Å². The van der Waals surface area contributed by atoms with Crippen molar-refractivity contribution in [3.8, 4) is 0 Å². The highest BCUT2D eigenvalue weighted by atomic mass is 19.4. The number of amides is 1. The van der Waals surface area contributed by atoms with E-state index in [1.165, 1.54) is 6.92 Å². The molecule has 0 aliphatic rings. The average Bonchev–Trinajstić information content (AvgIpc) is 2.51. The molecule has 26 heavy (non-hydrogen) atoms. The molecule has 0 bridgehead atoms. The van der Waals surface area contributed by atoms with E-state index < -0.39 is 46.0 Å². The van der Waals surface area contributed by atoms with Gasteiger partial charge in [0.15, 0.2) is 6.10 Å². The highest BCUT2D eigenvalue weighted by Gasteiger charge is 2.36. The van der Waals surface area contributed by atoms with Crippen LogP contribution in [0.4, 0.5) is 24.5 Å². The van der Waals surface area contributed by atoms with Crippen LogP contribution in [-0.2, 0) is 25.3 Å². The summed E-state index contributed by atoms with van der Waals surface area (Å²) in [5.74, 6) is -2.18. The molecule has 0 saturated carbocycles. The van der Waals surface area contributed by atoms with Gasteiger partial charge in [0.2, 0.25) is 0 Å². The van der Waals surface area contributed by atoms with Crippen LogP contribution in [0.5, 0.6) is 0 Å². The summed E-state index contributed by atoms with van der Waals surface area (Å²) in [5.41, 5.74) is -2.91. The third kappa shape index (κ3) is 6.15. The molecule has 8 nitrogen and oxygen atoms in total. The first kappa shape index (κ1) is 21.1. The highest BCUT2D eigenvalue weighted by Crippen LogP contribution is 2.37. The van der Waals surface area contributed by atoms with Crippen LogP contribution in [0.15, 0.2) is 18.2 Å². The second-order valence-electron chi connectivity index (χ2n) is 5.31. The molecule has 0 fully saturated rings. The van der Waals surface area contributed by atoms with E-state index in [1.807, 2.05) is 5.32 Å². The van der Waals surface area contributed by atoms with Gasteiger partial charge in [-0.15, -0.1) is 0 Å². The summed E-state index contributed by atoms with van der Waals surface area (Å²) in [6.45, 7) is 2.40. The number of alkyl halides is 3. The molecule has 0 aliphatic heterocycles. The number of hydrogen-bond acceptors (Lipinski definition) is 6. The summed E-state index contributed by atoms with van der Waals surface area (Å²) < 4.78 is 43.8. The number of nitrogens with one attached hydrogen (secondary N) is 1. The highest BCUT2D eigenvalue weighted by molar-refractivity contribution is 5.96. The lowest BCUT2D eigenvalue weighted by atomic mass is 10.1. The quantitative estimate of drug-likeness (QED) is 0.444. The van der Waals surface area contributed by atoms with E-state index in [-0.39, 0.29) is 18.6 Å². The first-order valence-corrected chi connectivity index (χ1v) is 7.27. The minimum Gasteiger partial charge on any atom is -0.453 e. The predicted octanol–water partition coefficient (Wildman–Crippen LogP) is 2.85. The molecule has 0 radical (unpaired) electrons. The molecule has 0 unspecified atom stereocenters. The Bertz CT molecular complexity index is 733. The zero-order valence-corrected chi connectivity index (χ0v) is 13.8. The number of carbonyl (C=O) groups excluding carboxylic acids is 3. The minimum absolute atomic E-state index is 0.0895. The monoisotopic (exact) mass is 376 g/mol. The van der Waals surface area contributed by atoms with E-state index >= 15 is 0 Å². The van der Waals surface area contributed by atoms with Gasteiger partial charge in [-0.25, -0.2) is 0 Å². The van der Waals surface area contributed by atoms with Crippen LogP contribution in [0.25, 0.3) is 0 Å². The fraction of sp³-hybridized carbons (Fsp3) is 0.400. The van der Waals surface area contributed by atoms with Crippen molar-refractivity contribution in [1.29, 1.82) is 0 Å². The maximum Gasteiger partial charge on any atom is 0.418 e. The summed E-state index contributed by atoms with van der Waals surface area (Å²) in [6, 6.07) is 1.83. The van der Waals surface area contributed by atoms with E-state index in [0.29, 0.717) is 6.07 Å². The number of ether oxygens (including phenoxy) is 1. The van der Waals surface area contributed by atoms with Crippen molar-refractivity contribution < 1.29 is 37.2 Å². The van der Waals surface area contributed by atoms with Crippen LogP contribution in [0.1, 0.15) is 32.3 Å². The number of esters is 1. The maximum atomic E-state index is 13.0. The summed E-state index contributed by atoms with van der Waals surface area (Å²) in [5, 5.41) is 12.5. The van der Waals surface area contributed by atoms with Gasteiger partial charge in [-0.1, -0.05) is 0 Å². The molecule has 1 aromatic carbocycles. The van der Waals surface area contributed by atoms with Crippen LogP contribution >= 0.6 is 0 Å². The van der Waals surface area contributed by atoms with Gasteiger partial charge in [0.25, 0.3) is 11.6 Å². The van der Waals surface area contributed by atoms with Crippen LogP contribution in [-0.4, -0.2) is 28.7 Å². The average molecular weight is 376 g/mol. The van der Waals surface area contributed by atoms with Crippen molar-refractivity contribution in [2.24, 2.45) is 0 Å². The molecule has 1 amide bonds. The number of rotatable bonds is 7. The molecule has 0 aromatic heterocycles. The second-order valence-corrected chi connectivity index (χ2v) is 5.31. The Balaban J connectivity index is 2.90. The lowest BCUT2D eigenvalue weighted by molar-refractivity contribution is -0.385. The van der Waals surface area contributed by atoms with Gasteiger partial charge in [0, 0.05) is 18.6 Å². The Hall–Kier alpha value is -2.98. The number of nitrogens with zero attached hydrogens (tertiary/aromatic N) is 1. The third-order valence-corrected chi connectivity index (χ3v) is 3.14. The molecule has 0 aliphatic carbocycles. The largest absolute Gasteiger partial charge is 0.453 e. The van der Waals surface area contributed by atoms with Gasteiger partial charge in [-0.2, -0.15) is 13.2 Å². The van der Waals surface area contributed by atoms with Crippen molar-refractivity contribution in [3.63, 3.8) is 0 Å². The van der Waals surface area contributed by atoms with Gasteiger partial charge >= 0.3 is 12.1 Å². The number of halogens is 3.